The van der Waals surface area contributed by atoms with E-state index in [1.165, 1.54) is 0 Å². The Morgan fingerprint density at radius 3 is 2.64 bits per heavy atom. The van der Waals surface area contributed by atoms with E-state index in [4.69, 9.17) is 14.2 Å². The molecule has 2 heterocycles. The first-order valence-electron chi connectivity index (χ1n) is 11.8. The molecule has 0 bridgehead atoms. The summed E-state index contributed by atoms with van der Waals surface area (Å²) in [6.45, 7) is 4.43. The average Bonchev–Trinajstić information content (AvgIpc) is 3.45. The van der Waals surface area contributed by atoms with Crippen molar-refractivity contribution in [3.8, 4) is 11.5 Å². The molecule has 36 heavy (non-hydrogen) atoms. The van der Waals surface area contributed by atoms with Crippen molar-refractivity contribution >= 4 is 28.6 Å². The fourth-order valence-corrected chi connectivity index (χ4v) is 4.76. The molecule has 0 spiro atoms. The number of rotatable bonds is 10. The minimum Gasteiger partial charge on any atom is -0.493 e. The molecule has 0 radical (unpaired) electrons. The molecule has 0 aliphatic carbocycles. The van der Waals surface area contributed by atoms with Gasteiger partial charge in [-0.15, -0.1) is 11.3 Å². The zero-order valence-corrected chi connectivity index (χ0v) is 21.9. The van der Waals surface area contributed by atoms with Gasteiger partial charge in [0, 0.05) is 16.3 Å². The minimum atomic E-state index is -0.609. The van der Waals surface area contributed by atoms with Crippen molar-refractivity contribution in [2.45, 2.75) is 31.9 Å². The monoisotopic (exact) mass is 504 g/mol. The molecule has 2 aromatic carbocycles. The van der Waals surface area contributed by atoms with E-state index in [0.717, 1.165) is 33.8 Å². The lowest BCUT2D eigenvalue weighted by Crippen LogP contribution is -2.34. The Morgan fingerprint density at radius 1 is 1.06 bits per heavy atom. The highest BCUT2D eigenvalue weighted by atomic mass is 32.1. The van der Waals surface area contributed by atoms with Gasteiger partial charge in [0.2, 0.25) is 5.91 Å². The van der Waals surface area contributed by atoms with Crippen LogP contribution in [0, 0.1) is 0 Å². The summed E-state index contributed by atoms with van der Waals surface area (Å²) >= 11 is 1.59. The molecule has 188 valence electrons. The van der Waals surface area contributed by atoms with E-state index >= 15 is 0 Å². The van der Waals surface area contributed by atoms with E-state index in [1.54, 1.807) is 25.6 Å². The van der Waals surface area contributed by atoms with Gasteiger partial charge in [0.1, 0.15) is 6.23 Å². The number of hydrogen-bond donors (Lipinski definition) is 2. The van der Waals surface area contributed by atoms with Gasteiger partial charge >= 0.3 is 0 Å². The number of carbonyl (C=O) groups is 1. The minimum absolute atomic E-state index is 0.0380. The highest BCUT2D eigenvalue weighted by Gasteiger charge is 2.30. The number of hydrogen-bond acceptors (Lipinski definition) is 6. The molecule has 1 aromatic heterocycles. The summed E-state index contributed by atoms with van der Waals surface area (Å²) in [5.41, 5.74) is 3.16. The van der Waals surface area contributed by atoms with E-state index in [2.05, 4.69) is 10.6 Å². The summed E-state index contributed by atoms with van der Waals surface area (Å²) in [5.74, 6) is 1.38. The van der Waals surface area contributed by atoms with Crippen LogP contribution >= 0.6 is 11.3 Å². The Morgan fingerprint density at radius 2 is 1.89 bits per heavy atom. The summed E-state index contributed by atoms with van der Waals surface area (Å²) in [5, 5.41) is 8.49. The van der Waals surface area contributed by atoms with Crippen LogP contribution < -0.4 is 20.1 Å². The van der Waals surface area contributed by atoms with Gasteiger partial charge in [-0.25, -0.2) is 0 Å². The lowest BCUT2D eigenvalue weighted by Gasteiger charge is -2.24. The van der Waals surface area contributed by atoms with E-state index in [9.17, 15) is 4.79 Å². The van der Waals surface area contributed by atoms with Gasteiger partial charge in [0.05, 0.1) is 26.2 Å². The van der Waals surface area contributed by atoms with Crippen LogP contribution in [0.1, 0.15) is 29.9 Å². The van der Waals surface area contributed by atoms with Crippen LogP contribution in [-0.4, -0.2) is 33.0 Å². The zero-order valence-electron chi connectivity index (χ0n) is 21.0. The first-order valence-corrected chi connectivity index (χ1v) is 12.7. The van der Waals surface area contributed by atoms with Crippen LogP contribution in [0.15, 0.2) is 78.2 Å². The van der Waals surface area contributed by atoms with Gasteiger partial charge in [-0.2, -0.15) is 0 Å². The van der Waals surface area contributed by atoms with Crippen LogP contribution in [0.4, 0.5) is 5.69 Å². The molecule has 3 aromatic rings. The Hall–Kier alpha value is -3.55. The molecule has 7 heteroatoms. The lowest BCUT2D eigenvalue weighted by molar-refractivity contribution is -0.120. The Balaban J connectivity index is 1.34. The number of ether oxygens (including phenoxy) is 3. The largest absolute Gasteiger partial charge is 0.493 e. The van der Waals surface area contributed by atoms with Crippen LogP contribution in [0.2, 0.25) is 0 Å². The number of allylic oxidation sites excluding steroid dienone is 2. The highest BCUT2D eigenvalue weighted by Crippen LogP contribution is 2.30. The van der Waals surface area contributed by atoms with E-state index < -0.39 is 5.41 Å². The predicted molar refractivity (Wildman–Crippen MR) is 146 cm³/mol. The van der Waals surface area contributed by atoms with Gasteiger partial charge in [0.25, 0.3) is 0 Å². The van der Waals surface area contributed by atoms with Crippen molar-refractivity contribution in [3.05, 3.63) is 94.2 Å². The molecule has 0 saturated carbocycles. The SMILES string of the molecule is COc1ccc(CCOC2C=CC=C(c3cccc(NC(=O)C(C)(C)c4cccs4)c3)N2)cc1OC. The van der Waals surface area contributed by atoms with E-state index in [0.29, 0.717) is 18.1 Å². The topological polar surface area (TPSA) is 68.8 Å². The molecule has 1 aliphatic rings. The van der Waals surface area contributed by atoms with Gasteiger partial charge in [-0.3, -0.25) is 4.79 Å². The summed E-state index contributed by atoms with van der Waals surface area (Å²) < 4.78 is 16.8. The Kier molecular flexibility index (Phi) is 8.13. The predicted octanol–water partition coefficient (Wildman–Crippen LogP) is 5.77. The smallest absolute Gasteiger partial charge is 0.235 e. The summed E-state index contributed by atoms with van der Waals surface area (Å²) in [7, 11) is 3.26. The number of benzene rings is 2. The number of anilines is 1. The molecule has 1 unspecified atom stereocenters. The fourth-order valence-electron chi connectivity index (χ4n) is 3.92. The van der Waals surface area contributed by atoms with Gasteiger partial charge in [-0.1, -0.05) is 30.3 Å². The number of amides is 1. The molecular weight excluding hydrogens is 472 g/mol. The molecule has 2 N–H and O–H groups in total. The number of thiophene rings is 1. The number of carbonyl (C=O) groups excluding carboxylic acids is 1. The van der Waals surface area contributed by atoms with Crippen LogP contribution in [0.5, 0.6) is 11.5 Å². The molecular formula is C29H32N2O4S. The van der Waals surface area contributed by atoms with Crippen molar-refractivity contribution in [2.75, 3.05) is 26.1 Å². The standard InChI is InChI=1S/C29H32N2O4S/c1-29(2,26-11-7-17-36-26)28(32)30-22-9-5-8-21(19-22)23-10-6-12-27(31-23)35-16-15-20-13-14-24(33-3)25(18-20)34-4/h5-14,17-19,27,31H,15-16H2,1-4H3,(H,30,32). The maximum atomic E-state index is 13.0. The van der Waals surface area contributed by atoms with Crippen molar-refractivity contribution in [1.82, 2.24) is 5.32 Å². The van der Waals surface area contributed by atoms with Crippen molar-refractivity contribution in [1.29, 1.82) is 0 Å². The first kappa shape index (κ1) is 25.5. The summed E-state index contributed by atoms with van der Waals surface area (Å²) in [6, 6.07) is 17.7. The zero-order chi connectivity index (χ0) is 25.5. The van der Waals surface area contributed by atoms with Crippen LogP contribution in [-0.2, 0) is 21.4 Å². The molecule has 1 aliphatic heterocycles. The second-order valence-corrected chi connectivity index (χ2v) is 9.93. The van der Waals surface area contributed by atoms with Crippen molar-refractivity contribution < 1.29 is 19.0 Å². The molecule has 4 rings (SSSR count). The quantitative estimate of drug-likeness (QED) is 0.367. The third-order valence-electron chi connectivity index (χ3n) is 6.12. The number of nitrogens with one attached hydrogen (secondary N) is 2. The van der Waals surface area contributed by atoms with E-state index in [1.807, 2.05) is 92.1 Å². The van der Waals surface area contributed by atoms with Crippen LogP contribution in [0.3, 0.4) is 0 Å². The van der Waals surface area contributed by atoms with Gasteiger partial charge < -0.3 is 24.8 Å². The number of methoxy groups -OCH3 is 2. The summed E-state index contributed by atoms with van der Waals surface area (Å²) in [6.07, 6.45) is 6.46. The maximum Gasteiger partial charge on any atom is 0.235 e. The first-order chi connectivity index (χ1) is 17.4. The number of dihydropyridines is 1. The maximum absolute atomic E-state index is 13.0. The van der Waals surface area contributed by atoms with Gasteiger partial charge in [0.15, 0.2) is 11.5 Å². The van der Waals surface area contributed by atoms with Crippen LogP contribution in [0.25, 0.3) is 5.70 Å². The fraction of sp³-hybridized carbons (Fsp3) is 0.276. The third-order valence-corrected chi connectivity index (χ3v) is 7.31. The second kappa shape index (κ2) is 11.5. The molecule has 0 fully saturated rings. The normalized spacial score (nSPS) is 15.1. The summed E-state index contributed by atoms with van der Waals surface area (Å²) in [4.78, 5) is 14.0. The molecule has 1 amide bonds. The molecule has 6 nitrogen and oxygen atoms in total. The molecule has 1 atom stereocenters. The second-order valence-electron chi connectivity index (χ2n) is 8.98. The van der Waals surface area contributed by atoms with Gasteiger partial charge in [-0.05, 0) is 79.3 Å². The lowest BCUT2D eigenvalue weighted by atomic mass is 9.90. The van der Waals surface area contributed by atoms with Crippen molar-refractivity contribution in [3.63, 3.8) is 0 Å². The van der Waals surface area contributed by atoms with E-state index in [-0.39, 0.29) is 12.1 Å². The average molecular weight is 505 g/mol. The Bertz CT molecular complexity index is 1250. The highest BCUT2D eigenvalue weighted by molar-refractivity contribution is 7.10. The molecule has 0 saturated heterocycles. The van der Waals surface area contributed by atoms with Crippen molar-refractivity contribution in [2.24, 2.45) is 0 Å². The third kappa shape index (κ3) is 5.98. The Labute approximate surface area is 216 Å².